The number of hydrogen-bond acceptors (Lipinski definition) is 5. The third-order valence-corrected chi connectivity index (χ3v) is 8.36. The van der Waals surface area contributed by atoms with E-state index in [0.717, 1.165) is 11.3 Å². The largest absolute Gasteiger partial charge is 0.477 e. The lowest BCUT2D eigenvalue weighted by molar-refractivity contribution is 0.0702. The van der Waals surface area contributed by atoms with Gasteiger partial charge in [0, 0.05) is 42.2 Å². The minimum atomic E-state index is -1.03. The molecule has 1 aromatic carbocycles. The Hall–Kier alpha value is -2.26. The van der Waals surface area contributed by atoms with Gasteiger partial charge in [-0.2, -0.15) is 0 Å². The van der Waals surface area contributed by atoms with Crippen LogP contribution in [0.1, 0.15) is 25.9 Å². The number of carbonyl (C=O) groups is 2. The molecule has 1 saturated carbocycles. The van der Waals surface area contributed by atoms with Gasteiger partial charge in [-0.3, -0.25) is 4.79 Å². The van der Waals surface area contributed by atoms with Crippen molar-refractivity contribution >= 4 is 63.1 Å². The molecular formula is C21H17Cl3N4O3S. The van der Waals surface area contributed by atoms with Crippen LogP contribution in [0.15, 0.2) is 24.3 Å². The van der Waals surface area contributed by atoms with Crippen molar-refractivity contribution in [3.05, 3.63) is 55.6 Å². The number of carbonyl (C=O) groups excluding carboxylic acids is 1. The second-order valence-electron chi connectivity index (χ2n) is 7.94. The van der Waals surface area contributed by atoms with Gasteiger partial charge in [0.25, 0.3) is 5.91 Å². The number of nitrogens with zero attached hydrogens (tertiary/aromatic N) is 2. The van der Waals surface area contributed by atoms with E-state index in [9.17, 15) is 14.7 Å². The van der Waals surface area contributed by atoms with E-state index in [-0.39, 0.29) is 39.4 Å². The molecule has 2 aromatic heterocycles. The SMILES string of the molecule is Cc1[nH]c(C(=O)N[C@@H]2[C@@H]3CN(c4nc(-c5ccccc5Cl)c(C(=O)O)s4)C[C@@H]32)c(Cl)c1Cl. The van der Waals surface area contributed by atoms with Crippen LogP contribution < -0.4 is 10.2 Å². The van der Waals surface area contributed by atoms with Crippen molar-refractivity contribution in [3.8, 4) is 11.3 Å². The zero-order valence-corrected chi connectivity index (χ0v) is 19.7. The van der Waals surface area contributed by atoms with E-state index >= 15 is 0 Å². The number of nitrogens with one attached hydrogen (secondary N) is 2. The molecule has 11 heteroatoms. The number of aryl methyl sites for hydroxylation is 1. The number of hydrogen-bond donors (Lipinski definition) is 3. The van der Waals surface area contributed by atoms with Crippen LogP contribution in [0, 0.1) is 18.8 Å². The van der Waals surface area contributed by atoms with Crippen molar-refractivity contribution in [2.45, 2.75) is 13.0 Å². The molecule has 166 valence electrons. The van der Waals surface area contributed by atoms with Gasteiger partial charge in [-0.15, -0.1) is 0 Å². The molecule has 5 rings (SSSR count). The summed E-state index contributed by atoms with van der Waals surface area (Å²) in [4.78, 5) is 34.2. The van der Waals surface area contributed by atoms with E-state index in [0.29, 0.717) is 45.2 Å². The molecule has 3 N–H and O–H groups in total. The van der Waals surface area contributed by atoms with E-state index < -0.39 is 5.97 Å². The third kappa shape index (κ3) is 3.55. The number of benzene rings is 1. The molecule has 1 saturated heterocycles. The number of thiazole rings is 1. The van der Waals surface area contributed by atoms with Crippen molar-refractivity contribution in [2.24, 2.45) is 11.8 Å². The van der Waals surface area contributed by atoms with Gasteiger partial charge in [0.2, 0.25) is 0 Å². The van der Waals surface area contributed by atoms with Gasteiger partial charge in [0.15, 0.2) is 5.13 Å². The van der Waals surface area contributed by atoms with E-state index in [1.54, 1.807) is 31.2 Å². The van der Waals surface area contributed by atoms with Gasteiger partial charge in [0.05, 0.1) is 20.8 Å². The Labute approximate surface area is 202 Å². The maximum Gasteiger partial charge on any atom is 0.348 e. The molecular weight excluding hydrogens is 495 g/mol. The van der Waals surface area contributed by atoms with Crippen LogP contribution in [0.3, 0.4) is 0 Å². The molecule has 1 aliphatic heterocycles. The first-order valence-corrected chi connectivity index (χ1v) is 11.8. The molecule has 0 unspecified atom stereocenters. The van der Waals surface area contributed by atoms with Crippen molar-refractivity contribution in [1.29, 1.82) is 0 Å². The maximum atomic E-state index is 12.6. The van der Waals surface area contributed by atoms with E-state index in [4.69, 9.17) is 34.8 Å². The summed E-state index contributed by atoms with van der Waals surface area (Å²) >= 11 is 19.6. The average Bonchev–Trinajstić information content (AvgIpc) is 3.15. The van der Waals surface area contributed by atoms with Crippen LogP contribution in [0.5, 0.6) is 0 Å². The standard InChI is InChI=1S/C21H17Cl3N4O3S/c1-8-13(23)14(24)17(25-8)19(29)26-15-10-6-28(7-11(10)15)21-27-16(18(32-21)20(30)31)9-4-2-3-5-12(9)22/h2-5,10-11,15,25H,6-7H2,1H3,(H,26,29)(H,30,31)/t10-,11+,15-. The predicted molar refractivity (Wildman–Crippen MR) is 126 cm³/mol. The Morgan fingerprint density at radius 3 is 2.47 bits per heavy atom. The van der Waals surface area contributed by atoms with Crippen molar-refractivity contribution in [2.75, 3.05) is 18.0 Å². The van der Waals surface area contributed by atoms with E-state index in [1.165, 1.54) is 0 Å². The molecule has 1 amide bonds. The zero-order valence-electron chi connectivity index (χ0n) is 16.7. The Morgan fingerprint density at radius 2 is 1.88 bits per heavy atom. The number of halogens is 3. The summed E-state index contributed by atoms with van der Waals surface area (Å²) < 4.78 is 0. The first kappa shape index (κ1) is 21.6. The van der Waals surface area contributed by atoms with Gasteiger partial charge < -0.3 is 20.3 Å². The fourth-order valence-electron chi connectivity index (χ4n) is 4.27. The lowest BCUT2D eigenvalue weighted by atomic mass is 10.1. The van der Waals surface area contributed by atoms with Crippen LogP contribution in [0.2, 0.25) is 15.1 Å². The minimum Gasteiger partial charge on any atom is -0.477 e. The topological polar surface area (TPSA) is 98.3 Å². The molecule has 0 radical (unpaired) electrons. The second kappa shape index (κ2) is 7.95. The molecule has 7 nitrogen and oxygen atoms in total. The normalized spacial score (nSPS) is 21.5. The fourth-order valence-corrected chi connectivity index (χ4v) is 5.85. The molecule has 3 heterocycles. The van der Waals surface area contributed by atoms with Gasteiger partial charge >= 0.3 is 5.97 Å². The molecule has 1 aliphatic carbocycles. The first-order chi connectivity index (χ1) is 15.3. The summed E-state index contributed by atoms with van der Waals surface area (Å²) in [6.45, 7) is 3.12. The highest BCUT2D eigenvalue weighted by Gasteiger charge is 2.57. The molecule has 0 bridgehead atoms. The van der Waals surface area contributed by atoms with Crippen LogP contribution >= 0.6 is 46.1 Å². The molecule has 3 atom stereocenters. The maximum absolute atomic E-state index is 12.6. The van der Waals surface area contributed by atoms with Crippen molar-refractivity contribution < 1.29 is 14.7 Å². The van der Waals surface area contributed by atoms with Crippen LogP contribution in [0.25, 0.3) is 11.3 Å². The highest BCUT2D eigenvalue weighted by Crippen LogP contribution is 2.48. The quantitative estimate of drug-likeness (QED) is 0.449. The number of aromatic amines is 1. The fraction of sp³-hybridized carbons (Fsp3) is 0.286. The smallest absolute Gasteiger partial charge is 0.348 e. The summed E-state index contributed by atoms with van der Waals surface area (Å²) in [5.41, 5.74) is 1.89. The third-order valence-electron chi connectivity index (χ3n) is 5.98. The molecule has 2 fully saturated rings. The molecule has 0 spiro atoms. The van der Waals surface area contributed by atoms with Crippen LogP contribution in [-0.2, 0) is 0 Å². The highest BCUT2D eigenvalue weighted by molar-refractivity contribution is 7.17. The summed E-state index contributed by atoms with van der Waals surface area (Å²) in [5.74, 6) is -0.773. The number of fused-ring (bicyclic) bond motifs is 1. The number of H-pyrrole nitrogens is 1. The zero-order chi connectivity index (χ0) is 22.7. The lowest BCUT2D eigenvalue weighted by Gasteiger charge is -2.19. The summed E-state index contributed by atoms with van der Waals surface area (Å²) in [5, 5.41) is 14.4. The van der Waals surface area contributed by atoms with Crippen molar-refractivity contribution in [1.82, 2.24) is 15.3 Å². The number of carboxylic acids is 1. The molecule has 2 aliphatic rings. The number of anilines is 1. The Balaban J connectivity index is 1.29. The van der Waals surface area contributed by atoms with Gasteiger partial charge in [-0.05, 0) is 13.0 Å². The average molecular weight is 512 g/mol. The Kier molecular flexibility index (Phi) is 5.36. The molecule has 3 aromatic rings. The van der Waals surface area contributed by atoms with Crippen molar-refractivity contribution in [3.63, 3.8) is 0 Å². The molecule has 32 heavy (non-hydrogen) atoms. The summed E-state index contributed by atoms with van der Waals surface area (Å²) in [7, 11) is 0. The van der Waals surface area contributed by atoms with E-state index in [2.05, 4.69) is 20.2 Å². The Morgan fingerprint density at radius 1 is 1.19 bits per heavy atom. The summed E-state index contributed by atoms with van der Waals surface area (Å²) in [6, 6.07) is 7.11. The highest BCUT2D eigenvalue weighted by atomic mass is 35.5. The number of rotatable bonds is 5. The predicted octanol–water partition coefficient (Wildman–Crippen LogP) is 4.97. The number of piperidine rings is 1. The van der Waals surface area contributed by atoms with Gasteiger partial charge in [0.1, 0.15) is 10.6 Å². The number of aromatic carboxylic acids is 1. The van der Waals surface area contributed by atoms with Gasteiger partial charge in [-0.1, -0.05) is 64.3 Å². The number of aromatic nitrogens is 2. The minimum absolute atomic E-state index is 0.0409. The Bertz CT molecular complexity index is 1250. The van der Waals surface area contributed by atoms with Crippen LogP contribution in [-0.4, -0.2) is 46.1 Å². The van der Waals surface area contributed by atoms with Gasteiger partial charge in [-0.25, -0.2) is 9.78 Å². The monoisotopic (exact) mass is 510 g/mol. The lowest BCUT2D eigenvalue weighted by Crippen LogP contribution is -2.34. The second-order valence-corrected chi connectivity index (χ2v) is 10.1. The van der Waals surface area contributed by atoms with Crippen LogP contribution in [0.4, 0.5) is 5.13 Å². The number of amides is 1. The first-order valence-electron chi connectivity index (χ1n) is 9.84. The number of carboxylic acid groups (broad SMARTS) is 1. The summed E-state index contributed by atoms with van der Waals surface area (Å²) in [6.07, 6.45) is 0. The van der Waals surface area contributed by atoms with E-state index in [1.807, 2.05) is 0 Å².